The van der Waals surface area contributed by atoms with E-state index in [0.29, 0.717) is 93.7 Å². The number of halogens is 5. The predicted octanol–water partition coefficient (Wildman–Crippen LogP) is 7.89. The van der Waals surface area contributed by atoms with Crippen LogP contribution < -0.4 is 35.5 Å². The summed E-state index contributed by atoms with van der Waals surface area (Å²) in [5.74, 6) is 6.52. The second-order valence-electron chi connectivity index (χ2n) is 19.4. The van der Waals surface area contributed by atoms with E-state index >= 15 is 0 Å². The van der Waals surface area contributed by atoms with E-state index in [9.17, 15) is 32.3 Å². The average Bonchev–Trinajstić information content (AvgIpc) is 4.23. The monoisotopic (exact) mass is 1090 g/mol. The van der Waals surface area contributed by atoms with Crippen molar-refractivity contribution in [3.63, 3.8) is 0 Å². The SMILES string of the molecule is COc1cc(C(=O)NCCCCCCCC(=O)NCCOc2ccc(-c3nc4nc(O[C@@H]5CO[C@H]6[C@@H]5OC[C@H]6O)[nH]c4cc3Cl)cc2)ccc1NCC#Cc1cc2c(N[C@@H]3CCN(C)C[C@@H]3F)cccc2n1CC(F)(F)F. The number of pyridine rings is 1. The third-order valence-corrected chi connectivity index (χ3v) is 14.0. The topological polar surface area (TPSA) is 198 Å². The third kappa shape index (κ3) is 14.0. The molecule has 3 aliphatic rings. The number of carbonyl (C=O) groups is 2. The Labute approximate surface area is 447 Å². The van der Waals surface area contributed by atoms with Gasteiger partial charge in [-0.15, -0.1) is 0 Å². The summed E-state index contributed by atoms with van der Waals surface area (Å²) < 4.78 is 86.0. The van der Waals surface area contributed by atoms with Crippen molar-refractivity contribution in [2.75, 3.05) is 77.3 Å². The van der Waals surface area contributed by atoms with Crippen LogP contribution in [0.25, 0.3) is 33.3 Å². The number of rotatable bonds is 22. The number of unbranched alkanes of at least 4 members (excludes halogenated alkanes) is 4. The van der Waals surface area contributed by atoms with Gasteiger partial charge in [-0.3, -0.25) is 9.59 Å². The first kappa shape index (κ1) is 54.9. The smallest absolute Gasteiger partial charge is 0.406 e. The van der Waals surface area contributed by atoms with Crippen LogP contribution in [0.3, 0.4) is 0 Å². The van der Waals surface area contributed by atoms with Crippen LogP contribution in [0.1, 0.15) is 61.0 Å². The second kappa shape index (κ2) is 25.1. The molecule has 0 aliphatic carbocycles. The molecular weight excluding hydrogens is 1030 g/mol. The number of methoxy groups -OCH3 is 1. The third-order valence-electron chi connectivity index (χ3n) is 13.8. The summed E-state index contributed by atoms with van der Waals surface area (Å²) in [6, 6.07) is 20.4. The van der Waals surface area contributed by atoms with Crippen molar-refractivity contribution in [1.29, 1.82) is 0 Å². The Kier molecular flexibility index (Phi) is 17.9. The molecule has 410 valence electrons. The van der Waals surface area contributed by atoms with Gasteiger partial charge in [-0.05, 0) is 99.0 Å². The minimum atomic E-state index is -4.50. The number of alkyl halides is 4. The Balaban J connectivity index is 0.645. The average molecular weight is 1090 g/mol. The number of amides is 2. The number of aliphatic hydroxyl groups excluding tert-OH is 1. The van der Waals surface area contributed by atoms with Crippen molar-refractivity contribution in [1.82, 2.24) is 35.1 Å². The van der Waals surface area contributed by atoms with E-state index in [1.54, 1.807) is 60.7 Å². The predicted molar refractivity (Wildman–Crippen MR) is 284 cm³/mol. The highest BCUT2D eigenvalue weighted by Crippen LogP contribution is 2.35. The minimum Gasteiger partial charge on any atom is -0.495 e. The van der Waals surface area contributed by atoms with E-state index < -0.39 is 43.2 Å². The number of benzene rings is 3. The van der Waals surface area contributed by atoms with Crippen LogP contribution >= 0.6 is 11.6 Å². The molecule has 6 aromatic rings. The van der Waals surface area contributed by atoms with Crippen molar-refractivity contribution in [2.24, 2.45) is 0 Å². The standard InChI is InChI=1S/C55H62ClF4N9O8/c1-68-24-20-41(39(57)29-68)64-40-11-8-12-44-37(40)27-35(69(44)32-55(58,59)60)10-9-22-61-42-19-16-34(26-46(42)73-2)53(72)63-21-7-5-3-4-6-13-48(71)62-23-25-74-36-17-14-33(15-18-36)49-38(56)28-43-52(66-49)67-54(65-43)77-47-31-76-50-45(70)30-75-51(47)50/h8,11-12,14-19,26-28,39,41,45,47,50-51,61,64,70H,3-7,13,20-25,29-32H2,1-2H3,(H,62,71)(H,63,72)(H,65,66,67)/t39-,41+,45+,47+,50+,51+/m0/s1. The zero-order valence-electron chi connectivity index (χ0n) is 42.7. The van der Waals surface area contributed by atoms with Crippen LogP contribution in [0.2, 0.25) is 5.02 Å². The molecule has 17 nitrogen and oxygen atoms in total. The van der Waals surface area contributed by atoms with Crippen molar-refractivity contribution in [3.8, 4) is 40.6 Å². The first-order valence-electron chi connectivity index (χ1n) is 25.8. The molecule has 3 aliphatic heterocycles. The Hall–Kier alpha value is -6.83. The number of nitrogens with zero attached hydrogens (tertiary/aromatic N) is 4. The molecule has 3 aromatic heterocycles. The van der Waals surface area contributed by atoms with E-state index in [4.69, 9.17) is 35.3 Å². The molecule has 77 heavy (non-hydrogen) atoms. The van der Waals surface area contributed by atoms with Gasteiger partial charge in [-0.2, -0.15) is 18.2 Å². The Morgan fingerprint density at radius 2 is 1.75 bits per heavy atom. The maximum atomic E-state index is 14.9. The molecule has 0 bridgehead atoms. The van der Waals surface area contributed by atoms with Crippen LogP contribution in [0.4, 0.5) is 28.9 Å². The van der Waals surface area contributed by atoms with Crippen molar-refractivity contribution < 1.29 is 55.9 Å². The molecule has 0 unspecified atom stereocenters. The highest BCUT2D eigenvalue weighted by molar-refractivity contribution is 6.33. The normalized spacial score (nSPS) is 20.4. The quantitative estimate of drug-likeness (QED) is 0.0218. The Bertz CT molecular complexity index is 3070. The van der Waals surface area contributed by atoms with Crippen LogP contribution in [-0.4, -0.2) is 151 Å². The van der Waals surface area contributed by atoms with Gasteiger partial charge in [0.2, 0.25) is 5.91 Å². The van der Waals surface area contributed by atoms with Gasteiger partial charge in [-0.25, -0.2) is 9.37 Å². The van der Waals surface area contributed by atoms with E-state index in [1.165, 1.54) is 7.11 Å². The molecule has 0 radical (unpaired) electrons. The summed E-state index contributed by atoms with van der Waals surface area (Å²) in [6.45, 7) is 1.40. The summed E-state index contributed by atoms with van der Waals surface area (Å²) >= 11 is 6.62. The van der Waals surface area contributed by atoms with E-state index in [1.807, 2.05) is 24.1 Å². The number of carbonyl (C=O) groups excluding carboxylic acids is 2. The van der Waals surface area contributed by atoms with Gasteiger partial charge in [0.15, 0.2) is 11.8 Å². The number of hydrogen-bond donors (Lipinski definition) is 6. The fourth-order valence-electron chi connectivity index (χ4n) is 9.78. The number of imidazole rings is 1. The van der Waals surface area contributed by atoms with E-state index in [-0.39, 0.29) is 62.5 Å². The van der Waals surface area contributed by atoms with Gasteiger partial charge in [0.05, 0.1) is 72.6 Å². The lowest BCUT2D eigenvalue weighted by atomic mass is 10.0. The van der Waals surface area contributed by atoms with Gasteiger partial charge in [0, 0.05) is 48.3 Å². The van der Waals surface area contributed by atoms with E-state index in [2.05, 4.69) is 48.1 Å². The number of aliphatic hydroxyl groups is 1. The number of H-pyrrole nitrogens is 1. The Morgan fingerprint density at radius 3 is 2.56 bits per heavy atom. The number of aromatic amines is 1. The zero-order chi connectivity index (χ0) is 54.1. The largest absolute Gasteiger partial charge is 0.495 e. The summed E-state index contributed by atoms with van der Waals surface area (Å²) in [4.78, 5) is 39.6. The first-order chi connectivity index (χ1) is 37.2. The van der Waals surface area contributed by atoms with E-state index in [0.717, 1.165) is 42.2 Å². The van der Waals surface area contributed by atoms with Gasteiger partial charge >= 0.3 is 6.18 Å². The number of likely N-dealkylation sites (tertiary alicyclic amines) is 1. The fraction of sp³-hybridized carbons (Fsp3) is 0.455. The maximum Gasteiger partial charge on any atom is 0.406 e. The van der Waals surface area contributed by atoms with Gasteiger partial charge in [-0.1, -0.05) is 42.9 Å². The zero-order valence-corrected chi connectivity index (χ0v) is 43.4. The molecule has 22 heteroatoms. The highest BCUT2D eigenvalue weighted by Gasteiger charge is 2.48. The number of piperidine rings is 1. The number of nitrogens with one attached hydrogen (secondary N) is 5. The number of aromatic nitrogens is 4. The molecule has 9 rings (SSSR count). The molecule has 0 spiro atoms. The molecule has 6 N–H and O–H groups in total. The summed E-state index contributed by atoms with van der Waals surface area (Å²) in [7, 11) is 3.33. The summed E-state index contributed by atoms with van der Waals surface area (Å²) in [5.41, 5.74) is 4.35. The lowest BCUT2D eigenvalue weighted by Crippen LogP contribution is -2.46. The molecule has 3 fully saturated rings. The molecule has 2 amide bonds. The van der Waals surface area contributed by atoms with Gasteiger partial charge in [0.25, 0.3) is 11.9 Å². The van der Waals surface area contributed by atoms with Gasteiger partial charge < -0.3 is 64.5 Å². The number of hydrogen-bond acceptors (Lipinski definition) is 13. The lowest BCUT2D eigenvalue weighted by molar-refractivity contribution is -0.140. The first-order valence-corrected chi connectivity index (χ1v) is 26.2. The molecule has 3 aromatic carbocycles. The molecule has 6 heterocycles. The van der Waals surface area contributed by atoms with Crippen molar-refractivity contribution in [2.45, 2.75) is 94.3 Å². The molecule has 6 atom stereocenters. The number of ether oxygens (including phenoxy) is 5. The summed E-state index contributed by atoms with van der Waals surface area (Å²) in [5, 5.41) is 23.2. The number of anilines is 2. The second-order valence-corrected chi connectivity index (χ2v) is 19.8. The van der Waals surface area contributed by atoms with Crippen molar-refractivity contribution in [3.05, 3.63) is 89.1 Å². The van der Waals surface area contributed by atoms with Gasteiger partial charge in [0.1, 0.15) is 49.1 Å². The number of fused-ring (bicyclic) bond motifs is 3. The summed E-state index contributed by atoms with van der Waals surface area (Å²) in [6.07, 6.45) is -2.40. The highest BCUT2D eigenvalue weighted by atomic mass is 35.5. The van der Waals surface area contributed by atoms with Crippen LogP contribution in [0.5, 0.6) is 17.5 Å². The molecular formula is C55H62ClF4N9O8. The molecule has 0 saturated carbocycles. The molecule has 3 saturated heterocycles. The maximum absolute atomic E-state index is 14.9. The van der Waals surface area contributed by atoms with Crippen LogP contribution in [0, 0.1) is 11.8 Å². The minimum absolute atomic E-state index is 0.0514. The van der Waals surface area contributed by atoms with Crippen LogP contribution in [-0.2, 0) is 20.8 Å². The lowest BCUT2D eigenvalue weighted by Gasteiger charge is -2.33. The fourth-order valence-corrected chi connectivity index (χ4v) is 10.0. The van der Waals surface area contributed by atoms with Crippen molar-refractivity contribution >= 4 is 56.9 Å². The van der Waals surface area contributed by atoms with Crippen LogP contribution in [0.15, 0.2) is 72.8 Å². The Morgan fingerprint density at radius 1 is 0.948 bits per heavy atom.